The van der Waals surface area contributed by atoms with Crippen molar-refractivity contribution in [3.63, 3.8) is 0 Å². The molecule has 1 aliphatic rings. The summed E-state index contributed by atoms with van der Waals surface area (Å²) >= 11 is 3.19. The second kappa shape index (κ2) is 5.95. The van der Waals surface area contributed by atoms with E-state index in [1.54, 1.807) is 11.3 Å². The molecule has 4 nitrogen and oxygen atoms in total. The van der Waals surface area contributed by atoms with Crippen LogP contribution in [-0.2, 0) is 11.2 Å². The van der Waals surface area contributed by atoms with Crippen molar-refractivity contribution in [1.82, 2.24) is 9.88 Å². The van der Waals surface area contributed by atoms with Crippen molar-refractivity contribution in [1.29, 1.82) is 0 Å². The molecule has 1 unspecified atom stereocenters. The number of nitrogens with two attached hydrogens (primary N) is 1. The molecule has 3 aromatic rings. The Kier molecular flexibility index (Phi) is 3.90. The number of fused-ring (bicyclic) bond motifs is 2. The maximum Gasteiger partial charge on any atom is 0.240 e. The molecule has 1 aliphatic heterocycles. The van der Waals surface area contributed by atoms with E-state index in [0.717, 1.165) is 33.9 Å². The number of nitrogens with zero attached hydrogens (tertiary/aromatic N) is 2. The molecule has 4 rings (SSSR count). The lowest BCUT2D eigenvalue weighted by atomic mass is 9.96. The number of thiazole rings is 1. The van der Waals surface area contributed by atoms with Crippen LogP contribution in [0.2, 0.25) is 0 Å². The van der Waals surface area contributed by atoms with Crippen LogP contribution >= 0.6 is 22.7 Å². The van der Waals surface area contributed by atoms with Gasteiger partial charge < -0.3 is 5.73 Å². The zero-order chi connectivity index (χ0) is 16.8. The topological polar surface area (TPSA) is 59.2 Å². The van der Waals surface area contributed by atoms with Crippen molar-refractivity contribution in [2.45, 2.75) is 32.4 Å². The third-order valence-electron chi connectivity index (χ3n) is 4.50. The summed E-state index contributed by atoms with van der Waals surface area (Å²) in [5.74, 6) is -0.282. The van der Waals surface area contributed by atoms with E-state index in [9.17, 15) is 4.79 Å². The first-order valence-corrected chi connectivity index (χ1v) is 9.64. The molecule has 1 radical (unpaired) electrons. The predicted octanol–water partition coefficient (Wildman–Crippen LogP) is 3.62. The SMILES string of the molecule is CC(C)N1CCc2c(-c3nc4ccccc4s3)[c]sc2C1C(N)=O. The molecular weight excluding hydrogens is 338 g/mol. The number of primary amides is 1. The maximum atomic E-state index is 12.1. The Balaban J connectivity index is 1.81. The molecule has 123 valence electrons. The molecule has 2 N–H and O–H groups in total. The van der Waals surface area contributed by atoms with E-state index in [1.165, 1.54) is 21.6 Å². The number of rotatable bonds is 3. The summed E-state index contributed by atoms with van der Waals surface area (Å²) in [5.41, 5.74) is 8.97. The maximum absolute atomic E-state index is 12.1. The smallest absolute Gasteiger partial charge is 0.240 e. The van der Waals surface area contributed by atoms with Gasteiger partial charge in [0.25, 0.3) is 0 Å². The number of thiophene rings is 1. The normalized spacial score (nSPS) is 18.2. The summed E-state index contributed by atoms with van der Waals surface area (Å²) in [6, 6.07) is 8.08. The van der Waals surface area contributed by atoms with Crippen LogP contribution in [0, 0.1) is 5.38 Å². The van der Waals surface area contributed by atoms with Gasteiger partial charge in [0.2, 0.25) is 5.91 Å². The van der Waals surface area contributed by atoms with Gasteiger partial charge in [-0.05, 0) is 38.0 Å². The molecule has 0 spiro atoms. The Labute approximate surface area is 148 Å². The average molecular weight is 356 g/mol. The second-order valence-electron chi connectivity index (χ2n) is 6.30. The van der Waals surface area contributed by atoms with Gasteiger partial charge >= 0.3 is 0 Å². The summed E-state index contributed by atoms with van der Waals surface area (Å²) in [4.78, 5) is 20.0. The highest BCUT2D eigenvalue weighted by molar-refractivity contribution is 7.22. The average Bonchev–Trinajstić information content (AvgIpc) is 3.16. The Hall–Kier alpha value is -1.76. The van der Waals surface area contributed by atoms with Crippen LogP contribution in [0.5, 0.6) is 0 Å². The number of carbonyl (C=O) groups is 1. The van der Waals surface area contributed by atoms with Gasteiger partial charge in [-0.15, -0.1) is 22.7 Å². The zero-order valence-corrected chi connectivity index (χ0v) is 15.2. The van der Waals surface area contributed by atoms with Crippen molar-refractivity contribution in [3.8, 4) is 10.6 Å². The molecule has 24 heavy (non-hydrogen) atoms. The molecule has 6 heteroatoms. The van der Waals surface area contributed by atoms with Gasteiger partial charge in [-0.2, -0.15) is 0 Å². The first kappa shape index (κ1) is 15.7. The minimum atomic E-state index is -0.349. The molecule has 1 aromatic carbocycles. The molecule has 2 aromatic heterocycles. The molecule has 0 bridgehead atoms. The summed E-state index contributed by atoms with van der Waals surface area (Å²) in [7, 11) is 0. The third-order valence-corrected chi connectivity index (χ3v) is 6.55. The van der Waals surface area contributed by atoms with E-state index in [4.69, 9.17) is 10.7 Å². The Morgan fingerprint density at radius 3 is 2.92 bits per heavy atom. The first-order valence-electron chi connectivity index (χ1n) is 8.00. The number of para-hydroxylation sites is 1. The summed E-state index contributed by atoms with van der Waals surface area (Å²) in [6.07, 6.45) is 0.905. The summed E-state index contributed by atoms with van der Waals surface area (Å²) in [5, 5.41) is 4.37. The highest BCUT2D eigenvalue weighted by atomic mass is 32.1. The fourth-order valence-electron chi connectivity index (χ4n) is 3.34. The fraction of sp³-hybridized carbons (Fsp3) is 0.333. The molecule has 1 atom stereocenters. The van der Waals surface area contributed by atoms with Gasteiger partial charge in [-0.3, -0.25) is 9.69 Å². The third kappa shape index (κ3) is 2.46. The van der Waals surface area contributed by atoms with Crippen LogP contribution in [0.1, 0.15) is 30.3 Å². The van der Waals surface area contributed by atoms with Crippen molar-refractivity contribution >= 4 is 38.8 Å². The minimum absolute atomic E-state index is 0.281. The highest BCUT2D eigenvalue weighted by Crippen LogP contribution is 2.42. The van der Waals surface area contributed by atoms with Gasteiger partial charge in [0, 0.05) is 23.0 Å². The Morgan fingerprint density at radius 1 is 1.42 bits per heavy atom. The molecule has 3 heterocycles. The van der Waals surface area contributed by atoms with Gasteiger partial charge in [-0.25, -0.2) is 4.98 Å². The zero-order valence-electron chi connectivity index (χ0n) is 13.6. The monoisotopic (exact) mass is 356 g/mol. The fourth-order valence-corrected chi connectivity index (χ4v) is 5.52. The molecule has 0 aliphatic carbocycles. The predicted molar refractivity (Wildman–Crippen MR) is 99.3 cm³/mol. The number of carbonyl (C=O) groups excluding carboxylic acids is 1. The number of amides is 1. The van der Waals surface area contributed by atoms with E-state index in [2.05, 4.69) is 30.2 Å². The van der Waals surface area contributed by atoms with E-state index in [-0.39, 0.29) is 18.0 Å². The summed E-state index contributed by atoms with van der Waals surface area (Å²) < 4.78 is 1.17. The molecule has 0 saturated heterocycles. The van der Waals surface area contributed by atoms with E-state index < -0.39 is 0 Å². The molecular formula is C18H18N3OS2. The van der Waals surface area contributed by atoms with Crippen molar-refractivity contribution in [3.05, 3.63) is 40.1 Å². The highest BCUT2D eigenvalue weighted by Gasteiger charge is 2.36. The number of hydrogen-bond acceptors (Lipinski definition) is 5. The number of hydrogen-bond donors (Lipinski definition) is 1. The van der Waals surface area contributed by atoms with Gasteiger partial charge in [0.15, 0.2) is 0 Å². The summed E-state index contributed by atoms with van der Waals surface area (Å²) in [6.45, 7) is 5.04. The number of benzene rings is 1. The van der Waals surface area contributed by atoms with Crippen LogP contribution in [0.4, 0.5) is 0 Å². The first-order chi connectivity index (χ1) is 11.6. The van der Waals surface area contributed by atoms with Crippen LogP contribution in [0.25, 0.3) is 20.8 Å². The Bertz CT molecular complexity index is 879. The molecule has 0 saturated carbocycles. The van der Waals surface area contributed by atoms with Crippen LogP contribution in [0.15, 0.2) is 24.3 Å². The van der Waals surface area contributed by atoms with Crippen molar-refractivity contribution < 1.29 is 4.79 Å². The quantitative estimate of drug-likeness (QED) is 0.780. The number of aromatic nitrogens is 1. The lowest BCUT2D eigenvalue weighted by Gasteiger charge is -2.36. The van der Waals surface area contributed by atoms with Crippen LogP contribution in [0.3, 0.4) is 0 Å². The van der Waals surface area contributed by atoms with Crippen LogP contribution in [-0.4, -0.2) is 28.4 Å². The van der Waals surface area contributed by atoms with Gasteiger partial charge in [0.05, 0.1) is 15.6 Å². The van der Waals surface area contributed by atoms with Gasteiger partial charge in [-0.1, -0.05) is 12.1 Å². The lowest BCUT2D eigenvalue weighted by molar-refractivity contribution is -0.124. The molecule has 1 amide bonds. The van der Waals surface area contributed by atoms with E-state index in [1.807, 2.05) is 18.2 Å². The second-order valence-corrected chi connectivity index (χ2v) is 8.17. The van der Waals surface area contributed by atoms with Gasteiger partial charge in [0.1, 0.15) is 11.0 Å². The minimum Gasteiger partial charge on any atom is -0.368 e. The van der Waals surface area contributed by atoms with E-state index >= 15 is 0 Å². The van der Waals surface area contributed by atoms with Crippen molar-refractivity contribution in [2.24, 2.45) is 5.73 Å². The lowest BCUT2D eigenvalue weighted by Crippen LogP contribution is -2.45. The van der Waals surface area contributed by atoms with E-state index in [0.29, 0.717) is 0 Å². The van der Waals surface area contributed by atoms with Crippen molar-refractivity contribution in [2.75, 3.05) is 6.54 Å². The van der Waals surface area contributed by atoms with Crippen LogP contribution < -0.4 is 5.73 Å². The largest absolute Gasteiger partial charge is 0.368 e. The Morgan fingerprint density at radius 2 is 2.21 bits per heavy atom. The molecule has 0 fully saturated rings. The standard InChI is InChI=1S/C18H18N3OS2/c1-10(2)21-8-7-11-12(9-23-16(11)15(21)17(19)22)18-20-13-5-3-4-6-14(13)24-18/h3-6,10,15H,7-8H2,1-2H3,(H2,19,22).